The van der Waals surface area contributed by atoms with Gasteiger partial charge in [0.05, 0.1) is 12.3 Å². The van der Waals surface area contributed by atoms with Gasteiger partial charge in [0.1, 0.15) is 5.75 Å². The molecule has 0 amide bonds. The van der Waals surface area contributed by atoms with E-state index < -0.39 is 0 Å². The Hall–Kier alpha value is -1.83. The van der Waals surface area contributed by atoms with Gasteiger partial charge in [0.25, 0.3) is 0 Å². The molecule has 2 heteroatoms. The summed E-state index contributed by atoms with van der Waals surface area (Å²) in [4.78, 5) is 4.64. The zero-order valence-electron chi connectivity index (χ0n) is 18.5. The highest BCUT2D eigenvalue weighted by atomic mass is 16.5. The van der Waals surface area contributed by atoms with Gasteiger partial charge in [0.15, 0.2) is 0 Å². The molecule has 1 aromatic heterocycles. The van der Waals surface area contributed by atoms with E-state index in [2.05, 4.69) is 55.2 Å². The molecule has 0 radical (unpaired) electrons. The van der Waals surface area contributed by atoms with Crippen molar-refractivity contribution in [3.05, 3.63) is 48.2 Å². The highest BCUT2D eigenvalue weighted by Crippen LogP contribution is 2.32. The van der Waals surface area contributed by atoms with Gasteiger partial charge in [-0.1, -0.05) is 64.9 Å². The third-order valence-corrected chi connectivity index (χ3v) is 6.46. The fraction of sp³-hybridized carbons (Fsp3) is 0.593. The predicted molar refractivity (Wildman–Crippen MR) is 123 cm³/mol. The fourth-order valence-electron chi connectivity index (χ4n) is 4.43. The smallest absolute Gasteiger partial charge is 0.119 e. The van der Waals surface area contributed by atoms with Gasteiger partial charge in [-0.25, -0.2) is 0 Å². The number of hydrogen-bond donors (Lipinski definition) is 0. The Labute approximate surface area is 178 Å². The lowest BCUT2D eigenvalue weighted by Crippen LogP contribution is -2.20. The van der Waals surface area contributed by atoms with Crippen molar-refractivity contribution in [1.82, 2.24) is 4.98 Å². The summed E-state index contributed by atoms with van der Waals surface area (Å²) < 4.78 is 6.11. The average Bonchev–Trinajstić information content (AvgIpc) is 2.78. The van der Waals surface area contributed by atoms with Crippen LogP contribution in [0, 0.1) is 11.8 Å². The molecule has 0 unspecified atom stereocenters. The first-order chi connectivity index (χ1) is 14.3. The summed E-state index contributed by atoms with van der Waals surface area (Å²) >= 11 is 0. The number of unbranched alkanes of at least 4 members (excludes halogenated alkanes) is 3. The van der Waals surface area contributed by atoms with E-state index in [0.717, 1.165) is 41.9 Å². The quantitative estimate of drug-likeness (QED) is 0.362. The molecular formula is C27H39NO. The van der Waals surface area contributed by atoms with E-state index in [1.807, 2.05) is 6.20 Å². The van der Waals surface area contributed by atoms with Gasteiger partial charge in [0.2, 0.25) is 0 Å². The van der Waals surface area contributed by atoms with Gasteiger partial charge >= 0.3 is 0 Å². The summed E-state index contributed by atoms with van der Waals surface area (Å²) in [6, 6.07) is 12.8. The molecule has 2 aromatic rings. The SMILES string of the molecule is CCCCCC1CCC(COc2ccc(-c3ccc(CCCC)cn3)cc2)CC1. The minimum absolute atomic E-state index is 0.731. The number of ether oxygens (including phenoxy) is 1. The Kier molecular flexibility index (Phi) is 9.05. The molecule has 2 nitrogen and oxygen atoms in total. The maximum atomic E-state index is 6.11. The standard InChI is InChI=1S/C27H39NO/c1-3-5-7-9-22-10-12-24(13-11-22)21-29-26-17-15-25(16-18-26)27-19-14-23(20-28-27)8-6-4-2/h14-20,22,24H,3-13,21H2,1-2H3. The van der Waals surface area contributed by atoms with Crippen LogP contribution in [0.4, 0.5) is 0 Å². The second-order valence-corrected chi connectivity index (χ2v) is 8.87. The molecule has 0 N–H and O–H groups in total. The molecule has 158 valence electrons. The Morgan fingerprint density at radius 3 is 2.21 bits per heavy atom. The van der Waals surface area contributed by atoms with Crippen LogP contribution in [0.5, 0.6) is 5.75 Å². The van der Waals surface area contributed by atoms with Gasteiger partial charge in [0, 0.05) is 11.8 Å². The Bertz CT molecular complexity index is 683. The molecule has 3 rings (SSSR count). The first-order valence-corrected chi connectivity index (χ1v) is 12.0. The minimum Gasteiger partial charge on any atom is -0.493 e. The lowest BCUT2D eigenvalue weighted by Gasteiger charge is -2.28. The summed E-state index contributed by atoms with van der Waals surface area (Å²) in [5.41, 5.74) is 3.53. The van der Waals surface area contributed by atoms with Crippen molar-refractivity contribution in [1.29, 1.82) is 0 Å². The minimum atomic E-state index is 0.731. The molecule has 29 heavy (non-hydrogen) atoms. The number of aryl methyl sites for hydroxylation is 1. The number of hydrogen-bond acceptors (Lipinski definition) is 2. The first kappa shape index (κ1) is 21.9. The fourth-order valence-corrected chi connectivity index (χ4v) is 4.43. The number of nitrogens with zero attached hydrogens (tertiary/aromatic N) is 1. The van der Waals surface area contributed by atoms with Crippen LogP contribution in [0.2, 0.25) is 0 Å². The molecule has 1 aliphatic rings. The summed E-state index contributed by atoms with van der Waals surface area (Å²) in [6.07, 6.45) is 16.7. The highest BCUT2D eigenvalue weighted by Gasteiger charge is 2.21. The van der Waals surface area contributed by atoms with Crippen LogP contribution in [0.15, 0.2) is 42.6 Å². The van der Waals surface area contributed by atoms with Crippen molar-refractivity contribution in [2.24, 2.45) is 11.8 Å². The van der Waals surface area contributed by atoms with E-state index in [0.29, 0.717) is 0 Å². The lowest BCUT2D eigenvalue weighted by atomic mass is 9.80. The molecule has 0 aliphatic heterocycles. The number of aromatic nitrogens is 1. The number of pyridine rings is 1. The normalized spacial score (nSPS) is 19.2. The van der Waals surface area contributed by atoms with Crippen molar-refractivity contribution < 1.29 is 4.74 Å². The van der Waals surface area contributed by atoms with E-state index in [9.17, 15) is 0 Å². The summed E-state index contributed by atoms with van der Waals surface area (Å²) in [5.74, 6) is 2.69. The van der Waals surface area contributed by atoms with Gasteiger partial charge < -0.3 is 4.74 Å². The van der Waals surface area contributed by atoms with Crippen LogP contribution in [0.1, 0.15) is 83.6 Å². The molecule has 0 atom stereocenters. The second kappa shape index (κ2) is 12.0. The van der Waals surface area contributed by atoms with Crippen molar-refractivity contribution in [3.8, 4) is 17.0 Å². The monoisotopic (exact) mass is 393 g/mol. The van der Waals surface area contributed by atoms with Crippen LogP contribution < -0.4 is 4.74 Å². The molecule has 1 aromatic carbocycles. The van der Waals surface area contributed by atoms with Crippen LogP contribution in [-0.4, -0.2) is 11.6 Å². The largest absolute Gasteiger partial charge is 0.493 e. The Morgan fingerprint density at radius 1 is 0.828 bits per heavy atom. The van der Waals surface area contributed by atoms with Crippen LogP contribution in [0.25, 0.3) is 11.3 Å². The van der Waals surface area contributed by atoms with Crippen molar-refractivity contribution in [3.63, 3.8) is 0 Å². The Balaban J connectivity index is 1.42. The average molecular weight is 394 g/mol. The van der Waals surface area contributed by atoms with Crippen LogP contribution in [0.3, 0.4) is 0 Å². The van der Waals surface area contributed by atoms with Crippen molar-refractivity contribution >= 4 is 0 Å². The van der Waals surface area contributed by atoms with Crippen LogP contribution in [-0.2, 0) is 6.42 Å². The first-order valence-electron chi connectivity index (χ1n) is 12.0. The second-order valence-electron chi connectivity index (χ2n) is 8.87. The Morgan fingerprint density at radius 2 is 1.55 bits per heavy atom. The van der Waals surface area contributed by atoms with E-state index in [-0.39, 0.29) is 0 Å². The molecule has 0 saturated heterocycles. The molecule has 1 saturated carbocycles. The molecule has 1 fully saturated rings. The highest BCUT2D eigenvalue weighted by molar-refractivity contribution is 5.60. The number of rotatable bonds is 11. The van der Waals surface area contributed by atoms with Gasteiger partial charge in [-0.05, 0) is 73.4 Å². The third kappa shape index (κ3) is 7.17. The van der Waals surface area contributed by atoms with Gasteiger partial charge in [-0.3, -0.25) is 4.98 Å². The zero-order chi connectivity index (χ0) is 20.3. The van der Waals surface area contributed by atoms with Gasteiger partial charge in [-0.2, -0.15) is 0 Å². The lowest BCUT2D eigenvalue weighted by molar-refractivity contribution is 0.177. The summed E-state index contributed by atoms with van der Waals surface area (Å²) in [5, 5.41) is 0. The number of benzene rings is 1. The van der Waals surface area contributed by atoms with E-state index in [4.69, 9.17) is 4.74 Å². The van der Waals surface area contributed by atoms with E-state index >= 15 is 0 Å². The van der Waals surface area contributed by atoms with E-state index in [1.165, 1.54) is 69.8 Å². The summed E-state index contributed by atoms with van der Waals surface area (Å²) in [6.45, 7) is 5.39. The molecule has 1 aliphatic carbocycles. The zero-order valence-corrected chi connectivity index (χ0v) is 18.5. The van der Waals surface area contributed by atoms with Crippen molar-refractivity contribution in [2.45, 2.75) is 84.5 Å². The van der Waals surface area contributed by atoms with Gasteiger partial charge in [-0.15, -0.1) is 0 Å². The van der Waals surface area contributed by atoms with E-state index in [1.54, 1.807) is 0 Å². The van der Waals surface area contributed by atoms with Crippen LogP contribution >= 0.6 is 0 Å². The third-order valence-electron chi connectivity index (χ3n) is 6.46. The van der Waals surface area contributed by atoms with Crippen molar-refractivity contribution in [2.75, 3.05) is 6.61 Å². The molecule has 0 bridgehead atoms. The maximum absolute atomic E-state index is 6.11. The summed E-state index contributed by atoms with van der Waals surface area (Å²) in [7, 11) is 0. The molecule has 0 spiro atoms. The predicted octanol–water partition coefficient (Wildman–Crippen LogP) is 7.86. The maximum Gasteiger partial charge on any atom is 0.119 e. The molecule has 1 heterocycles. The topological polar surface area (TPSA) is 22.1 Å². The molecular weight excluding hydrogens is 354 g/mol.